The molecule has 154 valence electrons. The lowest BCUT2D eigenvalue weighted by Crippen LogP contribution is -2.48. The zero-order valence-corrected chi connectivity index (χ0v) is 16.4. The van der Waals surface area contributed by atoms with Gasteiger partial charge < -0.3 is 29.4 Å². The molecule has 1 aliphatic rings. The number of rotatable bonds is 6. The lowest BCUT2D eigenvalue weighted by atomic mass is 9.96. The number of piperidine rings is 1. The van der Waals surface area contributed by atoms with Gasteiger partial charge in [-0.1, -0.05) is 19.1 Å². The third-order valence-electron chi connectivity index (χ3n) is 5.61. The molecule has 3 heterocycles. The number of aromatic nitrogens is 2. The van der Waals surface area contributed by atoms with Gasteiger partial charge in [0.2, 0.25) is 5.95 Å². The van der Waals surface area contributed by atoms with E-state index in [1.165, 1.54) is 0 Å². The molecule has 4 rings (SSSR count). The van der Waals surface area contributed by atoms with Crippen LogP contribution in [0.2, 0.25) is 0 Å². The van der Waals surface area contributed by atoms with Crippen LogP contribution in [0, 0.1) is 0 Å². The molecule has 1 saturated heterocycles. The van der Waals surface area contributed by atoms with Gasteiger partial charge in [-0.15, -0.1) is 0 Å². The number of carbonyl (C=O) groups is 1. The fourth-order valence-electron chi connectivity index (χ4n) is 4.10. The highest BCUT2D eigenvalue weighted by molar-refractivity contribution is 5.78. The van der Waals surface area contributed by atoms with E-state index in [1.54, 1.807) is 11.0 Å². The lowest BCUT2D eigenvalue weighted by molar-refractivity contribution is 0.102. The highest BCUT2D eigenvalue weighted by atomic mass is 16.4. The first-order chi connectivity index (χ1) is 14.1. The Morgan fingerprint density at radius 1 is 1.28 bits per heavy atom. The van der Waals surface area contributed by atoms with E-state index < -0.39 is 6.09 Å². The molecule has 0 aliphatic carbocycles. The summed E-state index contributed by atoms with van der Waals surface area (Å²) in [4.78, 5) is 17.8. The van der Waals surface area contributed by atoms with E-state index in [9.17, 15) is 15.0 Å². The number of hydrogen-bond acceptors (Lipinski definition) is 5. The highest BCUT2D eigenvalue weighted by Crippen LogP contribution is 2.26. The molecular weight excluding hydrogens is 372 g/mol. The van der Waals surface area contributed by atoms with Crippen molar-refractivity contribution in [2.75, 3.05) is 11.9 Å². The first-order valence-corrected chi connectivity index (χ1v) is 9.98. The number of fused-ring (bicyclic) bond motifs is 1. The number of aliphatic hydroxyl groups is 1. The molecule has 0 radical (unpaired) electrons. The SMILES string of the molecule is CCC1CC(Nc2nc3ccccc3n2Cc2ccc(CO)o2)CCN1C(=O)O. The zero-order chi connectivity index (χ0) is 20.4. The van der Waals surface area contributed by atoms with Crippen LogP contribution < -0.4 is 5.32 Å². The normalized spacial score (nSPS) is 19.6. The molecule has 1 fully saturated rings. The van der Waals surface area contributed by atoms with Gasteiger partial charge in [0.25, 0.3) is 0 Å². The van der Waals surface area contributed by atoms with Gasteiger partial charge in [0.05, 0.1) is 17.6 Å². The summed E-state index contributed by atoms with van der Waals surface area (Å²) in [6, 6.07) is 11.7. The van der Waals surface area contributed by atoms with Gasteiger partial charge >= 0.3 is 6.09 Å². The standard InChI is InChI=1S/C21H26N4O4/c1-2-15-11-14(9-10-24(15)21(27)28)22-20-23-18-5-3-4-6-19(18)25(20)12-16-7-8-17(13-26)29-16/h3-8,14-15,26H,2,9-13H2,1H3,(H,22,23)(H,27,28). The summed E-state index contributed by atoms with van der Waals surface area (Å²) in [7, 11) is 0. The van der Waals surface area contributed by atoms with Crippen LogP contribution in [0.3, 0.4) is 0 Å². The average Bonchev–Trinajstić information content (AvgIpc) is 3.32. The molecule has 8 nitrogen and oxygen atoms in total. The lowest BCUT2D eigenvalue weighted by Gasteiger charge is -2.37. The molecule has 1 amide bonds. The summed E-state index contributed by atoms with van der Waals surface area (Å²) in [6.07, 6.45) is 1.43. The van der Waals surface area contributed by atoms with Crippen LogP contribution in [0.1, 0.15) is 37.7 Å². The minimum absolute atomic E-state index is 0.00812. The summed E-state index contributed by atoms with van der Waals surface area (Å²) >= 11 is 0. The summed E-state index contributed by atoms with van der Waals surface area (Å²) in [6.45, 7) is 2.90. The van der Waals surface area contributed by atoms with Crippen LogP contribution >= 0.6 is 0 Å². The third-order valence-corrected chi connectivity index (χ3v) is 5.61. The Labute approximate surface area is 168 Å². The summed E-state index contributed by atoms with van der Waals surface area (Å²) < 4.78 is 7.75. The fourth-order valence-corrected chi connectivity index (χ4v) is 4.10. The molecule has 8 heteroatoms. The van der Waals surface area contributed by atoms with E-state index in [2.05, 4.69) is 9.88 Å². The number of imidazole rings is 1. The van der Waals surface area contributed by atoms with Crippen molar-refractivity contribution in [2.24, 2.45) is 0 Å². The number of likely N-dealkylation sites (tertiary alicyclic amines) is 1. The number of aliphatic hydroxyl groups excluding tert-OH is 1. The van der Waals surface area contributed by atoms with Crippen LogP contribution in [0.25, 0.3) is 11.0 Å². The van der Waals surface area contributed by atoms with Crippen molar-refractivity contribution in [1.82, 2.24) is 14.5 Å². The molecule has 3 aromatic rings. The number of carboxylic acid groups (broad SMARTS) is 1. The smallest absolute Gasteiger partial charge is 0.407 e. The molecule has 0 spiro atoms. The van der Waals surface area contributed by atoms with E-state index in [0.717, 1.165) is 42.0 Å². The maximum absolute atomic E-state index is 11.5. The second-order valence-corrected chi connectivity index (χ2v) is 7.44. The van der Waals surface area contributed by atoms with Crippen LogP contribution in [-0.2, 0) is 13.2 Å². The number of anilines is 1. The summed E-state index contributed by atoms with van der Waals surface area (Å²) in [5.41, 5.74) is 1.88. The Hall–Kier alpha value is -3.00. The minimum atomic E-state index is -0.847. The predicted molar refractivity (Wildman–Crippen MR) is 109 cm³/mol. The number of nitrogens with zero attached hydrogens (tertiary/aromatic N) is 3. The summed E-state index contributed by atoms with van der Waals surface area (Å²) in [5.74, 6) is 2.02. The maximum Gasteiger partial charge on any atom is 0.407 e. The van der Waals surface area contributed by atoms with Crippen molar-refractivity contribution >= 4 is 23.1 Å². The van der Waals surface area contributed by atoms with Gasteiger partial charge in [0.1, 0.15) is 18.1 Å². The molecular formula is C21H26N4O4. The van der Waals surface area contributed by atoms with Crippen molar-refractivity contribution in [1.29, 1.82) is 0 Å². The fraction of sp³-hybridized carbons (Fsp3) is 0.429. The van der Waals surface area contributed by atoms with Crippen molar-refractivity contribution in [3.63, 3.8) is 0 Å². The quantitative estimate of drug-likeness (QED) is 0.587. The van der Waals surface area contributed by atoms with E-state index in [4.69, 9.17) is 9.40 Å². The zero-order valence-electron chi connectivity index (χ0n) is 16.4. The Balaban J connectivity index is 1.59. The molecule has 0 bridgehead atoms. The number of hydrogen-bond donors (Lipinski definition) is 3. The van der Waals surface area contributed by atoms with Gasteiger partial charge in [-0.2, -0.15) is 0 Å². The largest absolute Gasteiger partial charge is 0.465 e. The maximum atomic E-state index is 11.5. The topological polar surface area (TPSA) is 104 Å². The predicted octanol–water partition coefficient (Wildman–Crippen LogP) is 3.50. The first-order valence-electron chi connectivity index (χ1n) is 9.98. The van der Waals surface area contributed by atoms with Crippen LogP contribution in [0.15, 0.2) is 40.8 Å². The van der Waals surface area contributed by atoms with Gasteiger partial charge in [-0.25, -0.2) is 9.78 Å². The van der Waals surface area contributed by atoms with Crippen LogP contribution in [0.4, 0.5) is 10.7 Å². The van der Waals surface area contributed by atoms with Crippen molar-refractivity contribution in [3.05, 3.63) is 47.9 Å². The Kier molecular flexibility index (Phi) is 5.44. The van der Waals surface area contributed by atoms with Crippen LogP contribution in [0.5, 0.6) is 0 Å². The average molecular weight is 398 g/mol. The molecule has 3 N–H and O–H groups in total. The first kappa shape index (κ1) is 19.3. The molecule has 0 saturated carbocycles. The second-order valence-electron chi connectivity index (χ2n) is 7.44. The number of para-hydroxylation sites is 2. The molecule has 29 heavy (non-hydrogen) atoms. The summed E-state index contributed by atoms with van der Waals surface area (Å²) in [5, 5.41) is 22.2. The molecule has 1 aliphatic heterocycles. The van der Waals surface area contributed by atoms with Gasteiger partial charge in [-0.3, -0.25) is 0 Å². The number of nitrogens with one attached hydrogen (secondary N) is 1. The second kappa shape index (κ2) is 8.16. The molecule has 2 unspecified atom stereocenters. The number of furan rings is 1. The third kappa shape index (κ3) is 3.93. The monoisotopic (exact) mass is 398 g/mol. The van der Waals surface area contributed by atoms with Gasteiger partial charge in [0.15, 0.2) is 0 Å². The van der Waals surface area contributed by atoms with E-state index in [1.807, 2.05) is 37.3 Å². The van der Waals surface area contributed by atoms with E-state index >= 15 is 0 Å². The molecule has 2 atom stereocenters. The van der Waals surface area contributed by atoms with Crippen LogP contribution in [-0.4, -0.2) is 49.4 Å². The minimum Gasteiger partial charge on any atom is -0.465 e. The Bertz CT molecular complexity index is 996. The van der Waals surface area contributed by atoms with E-state index in [0.29, 0.717) is 18.8 Å². The van der Waals surface area contributed by atoms with Gasteiger partial charge in [-0.05, 0) is 43.5 Å². The highest BCUT2D eigenvalue weighted by Gasteiger charge is 2.31. The Morgan fingerprint density at radius 3 is 2.79 bits per heavy atom. The van der Waals surface area contributed by atoms with Crippen molar-refractivity contribution in [2.45, 2.75) is 51.4 Å². The number of benzene rings is 1. The number of amides is 1. The van der Waals surface area contributed by atoms with Crippen molar-refractivity contribution < 1.29 is 19.4 Å². The Morgan fingerprint density at radius 2 is 2.07 bits per heavy atom. The van der Waals surface area contributed by atoms with Crippen molar-refractivity contribution in [3.8, 4) is 0 Å². The molecule has 2 aromatic heterocycles. The molecule has 1 aromatic carbocycles. The van der Waals surface area contributed by atoms with E-state index in [-0.39, 0.29) is 18.7 Å². The van der Waals surface area contributed by atoms with Gasteiger partial charge in [0, 0.05) is 18.6 Å².